The maximum Gasteiger partial charge on any atom is 0.305 e. The van der Waals surface area contributed by atoms with Crippen LogP contribution in [0.2, 0.25) is 0 Å². The Balaban J connectivity index is 1.72. The van der Waals surface area contributed by atoms with E-state index in [4.69, 9.17) is 4.74 Å². The zero-order valence-corrected chi connectivity index (χ0v) is 16.8. The van der Waals surface area contributed by atoms with Crippen molar-refractivity contribution < 1.29 is 14.6 Å². The highest BCUT2D eigenvalue weighted by Gasteiger charge is 2.27. The molecule has 0 spiro atoms. The van der Waals surface area contributed by atoms with Gasteiger partial charge >= 0.3 is 5.97 Å². The summed E-state index contributed by atoms with van der Waals surface area (Å²) in [5.41, 5.74) is 0.256. The minimum atomic E-state index is -0.787. The molecular formula is C20H28O3S2. The van der Waals surface area contributed by atoms with Crippen LogP contribution >= 0.6 is 22.7 Å². The minimum Gasteiger partial charge on any atom is -0.466 e. The molecule has 25 heavy (non-hydrogen) atoms. The van der Waals surface area contributed by atoms with Gasteiger partial charge < -0.3 is 9.84 Å². The second kappa shape index (κ2) is 10.1. The lowest BCUT2D eigenvalue weighted by molar-refractivity contribution is -0.143. The molecule has 2 aromatic rings. The van der Waals surface area contributed by atoms with Gasteiger partial charge in [-0.1, -0.05) is 31.7 Å². The average Bonchev–Trinajstić information content (AvgIpc) is 3.25. The van der Waals surface area contributed by atoms with Crippen molar-refractivity contribution in [3.8, 4) is 9.75 Å². The third-order valence-electron chi connectivity index (χ3n) is 4.34. The van der Waals surface area contributed by atoms with Crippen LogP contribution in [0.15, 0.2) is 29.0 Å². The van der Waals surface area contributed by atoms with Crippen molar-refractivity contribution in [2.75, 3.05) is 6.61 Å². The fourth-order valence-corrected chi connectivity index (χ4v) is 4.87. The molecule has 0 aromatic carbocycles. The Bertz CT molecular complexity index is 629. The molecule has 2 rings (SSSR count). The van der Waals surface area contributed by atoms with Gasteiger partial charge in [-0.25, -0.2) is 0 Å². The van der Waals surface area contributed by atoms with Gasteiger partial charge in [-0.2, -0.15) is 0 Å². The quantitative estimate of drug-likeness (QED) is 0.385. The van der Waals surface area contributed by atoms with E-state index in [2.05, 4.69) is 29.0 Å². The predicted octanol–water partition coefficient (Wildman–Crippen LogP) is 5.98. The number of aliphatic hydroxyl groups is 1. The van der Waals surface area contributed by atoms with E-state index in [0.29, 0.717) is 13.0 Å². The van der Waals surface area contributed by atoms with Gasteiger partial charge in [-0.05, 0) is 49.6 Å². The fourth-order valence-electron chi connectivity index (χ4n) is 2.97. The summed E-state index contributed by atoms with van der Waals surface area (Å²) in [6, 6.07) is 6.22. The van der Waals surface area contributed by atoms with Gasteiger partial charge in [0.15, 0.2) is 0 Å². The molecule has 0 bridgehead atoms. The van der Waals surface area contributed by atoms with E-state index in [9.17, 15) is 9.90 Å². The van der Waals surface area contributed by atoms with Crippen molar-refractivity contribution in [1.29, 1.82) is 0 Å². The molecule has 0 aliphatic rings. The zero-order valence-electron chi connectivity index (χ0n) is 15.1. The Morgan fingerprint density at radius 2 is 1.88 bits per heavy atom. The van der Waals surface area contributed by atoms with E-state index in [1.165, 1.54) is 9.75 Å². The van der Waals surface area contributed by atoms with E-state index in [1.54, 1.807) is 22.7 Å². The van der Waals surface area contributed by atoms with Crippen LogP contribution in [0.3, 0.4) is 0 Å². The highest BCUT2D eigenvalue weighted by Crippen LogP contribution is 2.40. The molecule has 0 radical (unpaired) electrons. The number of thiophene rings is 2. The van der Waals surface area contributed by atoms with Crippen LogP contribution in [0.4, 0.5) is 0 Å². The van der Waals surface area contributed by atoms with Gasteiger partial charge in [-0.3, -0.25) is 4.79 Å². The van der Waals surface area contributed by atoms with Crippen LogP contribution in [0.25, 0.3) is 9.75 Å². The molecule has 0 saturated heterocycles. The van der Waals surface area contributed by atoms with Crippen molar-refractivity contribution in [1.82, 2.24) is 0 Å². The number of esters is 1. The largest absolute Gasteiger partial charge is 0.466 e. The van der Waals surface area contributed by atoms with Crippen molar-refractivity contribution >= 4 is 28.6 Å². The molecule has 5 heteroatoms. The first-order valence-corrected chi connectivity index (χ1v) is 10.8. The number of ether oxygens (including phenoxy) is 1. The molecule has 0 aliphatic carbocycles. The lowest BCUT2D eigenvalue weighted by Gasteiger charge is -2.24. The molecule has 1 atom stereocenters. The first-order chi connectivity index (χ1) is 12.0. The van der Waals surface area contributed by atoms with Crippen molar-refractivity contribution in [3.63, 3.8) is 0 Å². The monoisotopic (exact) mass is 380 g/mol. The summed E-state index contributed by atoms with van der Waals surface area (Å²) in [7, 11) is 0. The number of carbonyl (C=O) groups excluding carboxylic acids is 1. The summed E-state index contributed by atoms with van der Waals surface area (Å²) in [6.45, 7) is 4.22. The molecule has 2 aromatic heterocycles. The maximum atomic E-state index is 11.3. The Hall–Kier alpha value is -1.17. The zero-order chi connectivity index (χ0) is 18.1. The summed E-state index contributed by atoms with van der Waals surface area (Å²) in [6.07, 6.45) is 6.38. The van der Waals surface area contributed by atoms with Crippen molar-refractivity contribution in [2.45, 2.75) is 64.4 Å². The lowest BCUT2D eigenvalue weighted by Crippen LogP contribution is -2.20. The topological polar surface area (TPSA) is 46.5 Å². The Kier molecular flexibility index (Phi) is 8.13. The molecule has 138 valence electrons. The lowest BCUT2D eigenvalue weighted by atomic mass is 9.90. The van der Waals surface area contributed by atoms with Gasteiger partial charge in [0.05, 0.1) is 17.1 Å². The number of carbonyl (C=O) groups is 1. The van der Waals surface area contributed by atoms with Crippen LogP contribution in [-0.4, -0.2) is 17.7 Å². The van der Waals surface area contributed by atoms with Gasteiger partial charge in [0.1, 0.15) is 0 Å². The van der Waals surface area contributed by atoms with Gasteiger partial charge in [0, 0.05) is 16.9 Å². The Morgan fingerprint density at radius 1 is 1.12 bits per heavy atom. The third kappa shape index (κ3) is 6.24. The van der Waals surface area contributed by atoms with E-state index in [1.807, 2.05) is 13.8 Å². The summed E-state index contributed by atoms with van der Waals surface area (Å²) in [5.74, 6) is -0.0935. The number of hydrogen-bond acceptors (Lipinski definition) is 5. The molecule has 1 N–H and O–H groups in total. The highest BCUT2D eigenvalue weighted by atomic mass is 32.1. The third-order valence-corrected chi connectivity index (χ3v) is 6.30. The van der Waals surface area contributed by atoms with Gasteiger partial charge in [0.2, 0.25) is 0 Å². The van der Waals surface area contributed by atoms with Crippen molar-refractivity contribution in [3.05, 3.63) is 34.5 Å². The summed E-state index contributed by atoms with van der Waals surface area (Å²) >= 11 is 3.41. The first-order valence-electron chi connectivity index (χ1n) is 9.04. The molecule has 3 nitrogen and oxygen atoms in total. The molecular weight excluding hydrogens is 352 g/mol. The molecule has 0 saturated carbocycles. The first kappa shape index (κ1) is 20.1. The molecule has 0 aliphatic heterocycles. The Morgan fingerprint density at radius 3 is 2.60 bits per heavy atom. The standard InChI is InChI=1S/C20H28O3S2/c1-3-23-18(21)11-7-5-4-6-8-13-20(2,22)16-12-15-25-19(16)17-10-9-14-24-17/h9-10,12,14-15,22H,3-8,11,13H2,1-2H3. The van der Waals surface area contributed by atoms with Crippen LogP contribution < -0.4 is 0 Å². The normalized spacial score (nSPS) is 13.6. The van der Waals surface area contributed by atoms with E-state index >= 15 is 0 Å². The number of unbranched alkanes of at least 4 members (excludes halogenated alkanes) is 4. The predicted molar refractivity (Wildman–Crippen MR) is 106 cm³/mol. The molecule has 1 unspecified atom stereocenters. The number of hydrogen-bond donors (Lipinski definition) is 1. The smallest absolute Gasteiger partial charge is 0.305 e. The fraction of sp³-hybridized carbons (Fsp3) is 0.550. The summed E-state index contributed by atoms with van der Waals surface area (Å²) in [5, 5.41) is 15.1. The summed E-state index contributed by atoms with van der Waals surface area (Å²) < 4.78 is 4.93. The average molecular weight is 381 g/mol. The molecule has 0 amide bonds. The van der Waals surface area contributed by atoms with Crippen LogP contribution in [-0.2, 0) is 15.1 Å². The summed E-state index contributed by atoms with van der Waals surface area (Å²) in [4.78, 5) is 13.7. The van der Waals surface area contributed by atoms with Crippen molar-refractivity contribution in [2.24, 2.45) is 0 Å². The van der Waals surface area contributed by atoms with Crippen LogP contribution in [0.1, 0.15) is 64.4 Å². The number of rotatable bonds is 11. The SMILES string of the molecule is CCOC(=O)CCCCCCCC(C)(O)c1ccsc1-c1cccs1. The van der Waals surface area contributed by atoms with E-state index in [-0.39, 0.29) is 5.97 Å². The second-order valence-corrected chi connectivity index (χ2v) is 8.35. The minimum absolute atomic E-state index is 0.0935. The van der Waals surface area contributed by atoms with Gasteiger partial charge in [-0.15, -0.1) is 22.7 Å². The Labute approximate surface area is 158 Å². The molecule has 2 heterocycles. The highest BCUT2D eigenvalue weighted by molar-refractivity contribution is 7.20. The van der Waals surface area contributed by atoms with Gasteiger partial charge in [0.25, 0.3) is 0 Å². The van der Waals surface area contributed by atoms with E-state index in [0.717, 1.165) is 44.1 Å². The second-order valence-electron chi connectivity index (χ2n) is 6.49. The van der Waals surface area contributed by atoms with E-state index < -0.39 is 5.60 Å². The molecule has 0 fully saturated rings. The van der Waals surface area contributed by atoms with Crippen LogP contribution in [0.5, 0.6) is 0 Å². The van der Waals surface area contributed by atoms with Crippen LogP contribution in [0, 0.1) is 0 Å². The maximum absolute atomic E-state index is 11.3.